The number of nitrogens with two attached hydrogens (primary N) is 2. The monoisotopic (exact) mass is 247 g/mol. The molecule has 0 aliphatic carbocycles. The van der Waals surface area contributed by atoms with Crippen molar-refractivity contribution in [3.63, 3.8) is 0 Å². The average Bonchev–Trinajstić information content (AvgIpc) is 2.59. The van der Waals surface area contributed by atoms with Gasteiger partial charge in [-0.3, -0.25) is 10.2 Å². The van der Waals surface area contributed by atoms with Gasteiger partial charge in [0.05, 0.1) is 5.25 Å². The minimum absolute atomic E-state index is 0.156. The van der Waals surface area contributed by atoms with Crippen LogP contribution in [0.25, 0.3) is 0 Å². The van der Waals surface area contributed by atoms with Crippen LogP contribution >= 0.6 is 23.1 Å². The Morgan fingerprint density at radius 2 is 2.20 bits per heavy atom. The summed E-state index contributed by atoms with van der Waals surface area (Å²) in [6, 6.07) is 0. The van der Waals surface area contributed by atoms with Crippen LogP contribution in [0.1, 0.15) is 13.8 Å². The lowest BCUT2D eigenvalue weighted by atomic mass is 10.1. The highest BCUT2D eigenvalue weighted by Crippen LogP contribution is 2.31. The standard InChI is InChI=1S/C7H13N5OS2/c1-3(2)4(5(13)10-9)14-7-12-11-6(8)15-7/h3-4H,9H2,1-2H3,(H2,8,11)(H,10,13). The second-order valence-electron chi connectivity index (χ2n) is 3.20. The molecule has 0 aliphatic heterocycles. The molecule has 1 atom stereocenters. The van der Waals surface area contributed by atoms with Crippen molar-refractivity contribution in [1.29, 1.82) is 0 Å². The number of thioether (sulfide) groups is 1. The van der Waals surface area contributed by atoms with Crippen LogP contribution in [0.5, 0.6) is 0 Å². The summed E-state index contributed by atoms with van der Waals surface area (Å²) in [4.78, 5) is 11.4. The van der Waals surface area contributed by atoms with Crippen LogP contribution < -0.4 is 17.0 Å². The molecule has 84 valence electrons. The van der Waals surface area contributed by atoms with E-state index in [1.807, 2.05) is 13.8 Å². The number of anilines is 1. The van der Waals surface area contributed by atoms with E-state index in [2.05, 4.69) is 15.6 Å². The van der Waals surface area contributed by atoms with Gasteiger partial charge in [0.25, 0.3) is 0 Å². The van der Waals surface area contributed by atoms with Crippen LogP contribution in [0, 0.1) is 5.92 Å². The molecule has 0 radical (unpaired) electrons. The Hall–Kier alpha value is -0.860. The zero-order valence-electron chi connectivity index (χ0n) is 8.43. The third-order valence-corrected chi connectivity index (χ3v) is 4.04. The van der Waals surface area contributed by atoms with Crippen LogP contribution in [-0.2, 0) is 4.79 Å². The van der Waals surface area contributed by atoms with E-state index in [4.69, 9.17) is 11.6 Å². The normalized spacial score (nSPS) is 12.8. The van der Waals surface area contributed by atoms with Gasteiger partial charge in [0.15, 0.2) is 4.34 Å². The number of amides is 1. The third kappa shape index (κ3) is 3.33. The van der Waals surface area contributed by atoms with E-state index in [0.29, 0.717) is 9.47 Å². The lowest BCUT2D eigenvalue weighted by Crippen LogP contribution is -2.39. The fraction of sp³-hybridized carbons (Fsp3) is 0.571. The van der Waals surface area contributed by atoms with Crippen molar-refractivity contribution in [3.05, 3.63) is 0 Å². The first-order valence-corrected chi connectivity index (χ1v) is 6.00. The topological polar surface area (TPSA) is 107 Å². The molecule has 0 aromatic carbocycles. The maximum atomic E-state index is 11.4. The van der Waals surface area contributed by atoms with Crippen molar-refractivity contribution in [2.24, 2.45) is 11.8 Å². The average molecular weight is 247 g/mol. The molecule has 0 aliphatic rings. The minimum atomic E-state index is -0.276. The summed E-state index contributed by atoms with van der Waals surface area (Å²) in [6.45, 7) is 3.88. The maximum Gasteiger partial charge on any atom is 0.247 e. The zero-order chi connectivity index (χ0) is 11.4. The molecule has 0 spiro atoms. The second-order valence-corrected chi connectivity index (χ2v) is 5.60. The number of carbonyl (C=O) groups is 1. The largest absolute Gasteiger partial charge is 0.374 e. The van der Waals surface area contributed by atoms with Crippen LogP contribution in [0.15, 0.2) is 4.34 Å². The Morgan fingerprint density at radius 3 is 2.60 bits per heavy atom. The number of rotatable bonds is 4. The molecule has 1 aromatic heterocycles. The van der Waals surface area contributed by atoms with Gasteiger partial charge in [0.1, 0.15) is 0 Å². The van der Waals surface area contributed by atoms with Gasteiger partial charge in [-0.25, -0.2) is 5.84 Å². The van der Waals surface area contributed by atoms with Gasteiger partial charge in [-0.2, -0.15) is 0 Å². The summed E-state index contributed by atoms with van der Waals surface area (Å²) in [5.74, 6) is 5.04. The number of aromatic nitrogens is 2. The second kappa shape index (κ2) is 5.29. The highest BCUT2D eigenvalue weighted by atomic mass is 32.2. The molecule has 0 fully saturated rings. The number of nitrogen functional groups attached to an aromatic ring is 1. The van der Waals surface area contributed by atoms with Gasteiger partial charge in [0, 0.05) is 0 Å². The van der Waals surface area contributed by atoms with Gasteiger partial charge >= 0.3 is 0 Å². The quantitative estimate of drug-likeness (QED) is 0.304. The first kappa shape index (κ1) is 12.2. The Kier molecular flexibility index (Phi) is 4.30. The number of hydrogen-bond acceptors (Lipinski definition) is 7. The summed E-state index contributed by atoms with van der Waals surface area (Å²) in [5, 5.41) is 7.64. The molecule has 6 nitrogen and oxygen atoms in total. The van der Waals surface area contributed by atoms with Crippen LogP contribution in [0.4, 0.5) is 5.13 Å². The maximum absolute atomic E-state index is 11.4. The molecule has 1 unspecified atom stereocenters. The van der Waals surface area contributed by atoms with Crippen LogP contribution in [-0.4, -0.2) is 21.4 Å². The van der Waals surface area contributed by atoms with Crippen molar-refractivity contribution in [2.75, 3.05) is 5.73 Å². The molecule has 0 saturated heterocycles. The summed E-state index contributed by atoms with van der Waals surface area (Å²) >= 11 is 2.58. The van der Waals surface area contributed by atoms with Gasteiger partial charge < -0.3 is 5.73 Å². The first-order valence-electron chi connectivity index (χ1n) is 4.30. The SMILES string of the molecule is CC(C)C(Sc1nnc(N)s1)C(=O)NN. The number of nitrogens with one attached hydrogen (secondary N) is 1. The molecule has 8 heteroatoms. The van der Waals surface area contributed by atoms with E-state index in [1.165, 1.54) is 23.1 Å². The molecule has 1 rings (SSSR count). The van der Waals surface area contributed by atoms with Gasteiger partial charge in [-0.15, -0.1) is 10.2 Å². The molecule has 5 N–H and O–H groups in total. The van der Waals surface area contributed by atoms with Crippen molar-refractivity contribution in [3.8, 4) is 0 Å². The number of carbonyl (C=O) groups excluding carboxylic acids is 1. The van der Waals surface area contributed by atoms with E-state index in [1.54, 1.807) is 0 Å². The van der Waals surface area contributed by atoms with E-state index in [9.17, 15) is 4.79 Å². The van der Waals surface area contributed by atoms with E-state index >= 15 is 0 Å². The smallest absolute Gasteiger partial charge is 0.247 e. The molecule has 0 saturated carbocycles. The van der Waals surface area contributed by atoms with Crippen LogP contribution in [0.3, 0.4) is 0 Å². The van der Waals surface area contributed by atoms with Gasteiger partial charge in [0.2, 0.25) is 11.0 Å². The predicted octanol–water partition coefficient (Wildman–Crippen LogP) is 0.227. The van der Waals surface area contributed by atoms with Crippen LogP contribution in [0.2, 0.25) is 0 Å². The fourth-order valence-corrected chi connectivity index (χ4v) is 2.81. The predicted molar refractivity (Wildman–Crippen MR) is 61.1 cm³/mol. The molecule has 0 bridgehead atoms. The molecular formula is C7H13N5OS2. The Labute approximate surface area is 95.8 Å². The number of hydrazine groups is 1. The van der Waals surface area contributed by atoms with Gasteiger partial charge in [-0.05, 0) is 5.92 Å². The Bertz CT molecular complexity index is 340. The van der Waals surface area contributed by atoms with E-state index in [-0.39, 0.29) is 17.1 Å². The molecular weight excluding hydrogens is 234 g/mol. The highest BCUT2D eigenvalue weighted by Gasteiger charge is 2.24. The van der Waals surface area contributed by atoms with E-state index < -0.39 is 0 Å². The summed E-state index contributed by atoms with van der Waals surface area (Å²) in [7, 11) is 0. The van der Waals surface area contributed by atoms with Crippen molar-refractivity contribution in [2.45, 2.75) is 23.4 Å². The highest BCUT2D eigenvalue weighted by molar-refractivity contribution is 8.02. The Balaban J connectivity index is 2.71. The Morgan fingerprint density at radius 1 is 1.53 bits per heavy atom. The molecule has 15 heavy (non-hydrogen) atoms. The number of nitrogens with zero attached hydrogens (tertiary/aromatic N) is 2. The summed E-state index contributed by atoms with van der Waals surface area (Å²) < 4.78 is 0.676. The molecule has 1 aromatic rings. The van der Waals surface area contributed by atoms with Gasteiger partial charge in [-0.1, -0.05) is 36.9 Å². The molecule has 1 amide bonds. The fourth-order valence-electron chi connectivity index (χ4n) is 0.951. The lowest BCUT2D eigenvalue weighted by molar-refractivity contribution is -0.121. The summed E-state index contributed by atoms with van der Waals surface area (Å²) in [6.07, 6.45) is 0. The minimum Gasteiger partial charge on any atom is -0.374 e. The lowest BCUT2D eigenvalue weighted by Gasteiger charge is -2.16. The number of hydrogen-bond donors (Lipinski definition) is 3. The van der Waals surface area contributed by atoms with E-state index in [0.717, 1.165) is 0 Å². The zero-order valence-corrected chi connectivity index (χ0v) is 10.1. The molecule has 1 heterocycles. The van der Waals surface area contributed by atoms with Crippen molar-refractivity contribution < 1.29 is 4.79 Å². The third-order valence-electron chi connectivity index (χ3n) is 1.66. The van der Waals surface area contributed by atoms with Crippen molar-refractivity contribution >= 4 is 34.1 Å². The van der Waals surface area contributed by atoms with Crippen molar-refractivity contribution in [1.82, 2.24) is 15.6 Å². The summed E-state index contributed by atoms with van der Waals surface area (Å²) in [5.41, 5.74) is 7.58. The first-order chi connectivity index (χ1) is 7.04.